The summed E-state index contributed by atoms with van der Waals surface area (Å²) in [5.41, 5.74) is 0. The average Bonchev–Trinajstić information content (AvgIpc) is 2.53. The van der Waals surface area contributed by atoms with Gasteiger partial charge in [0.2, 0.25) is 0 Å². The van der Waals surface area contributed by atoms with E-state index >= 15 is 0 Å². The molecule has 0 saturated heterocycles. The summed E-state index contributed by atoms with van der Waals surface area (Å²) >= 11 is 0. The first-order valence-corrected chi connectivity index (χ1v) is 9.90. The van der Waals surface area contributed by atoms with E-state index < -0.39 is 0 Å². The van der Waals surface area contributed by atoms with Gasteiger partial charge in [-0.15, -0.1) is 0 Å². The third-order valence-electron chi connectivity index (χ3n) is 5.21. The molecule has 0 fully saturated rings. The lowest BCUT2D eigenvalue weighted by Gasteiger charge is -2.17. The van der Waals surface area contributed by atoms with E-state index in [0.717, 1.165) is 36.9 Å². The van der Waals surface area contributed by atoms with Crippen LogP contribution in [0.4, 0.5) is 0 Å². The van der Waals surface area contributed by atoms with Crippen molar-refractivity contribution in [1.82, 2.24) is 0 Å². The number of hydrogen-bond donors (Lipinski definition) is 0. The summed E-state index contributed by atoms with van der Waals surface area (Å²) in [6.07, 6.45) is 16.5. The fourth-order valence-electron chi connectivity index (χ4n) is 2.91. The average molecular weight is 323 g/mol. The Balaban J connectivity index is 3.64. The van der Waals surface area contributed by atoms with Crippen molar-refractivity contribution in [3.05, 3.63) is 24.3 Å². The molecule has 0 aromatic heterocycles. The summed E-state index contributed by atoms with van der Waals surface area (Å²) in [5.74, 6) is 3.20. The molecule has 0 bridgehead atoms. The van der Waals surface area contributed by atoms with Crippen LogP contribution in [0.1, 0.15) is 80.1 Å². The molecule has 0 rings (SSSR count). The maximum atomic E-state index is 5.64. The molecule has 0 radical (unpaired) electrons. The van der Waals surface area contributed by atoms with Crippen LogP contribution in [-0.4, -0.2) is 13.2 Å². The minimum Gasteiger partial charge on any atom is -0.373 e. The molecule has 1 nitrogen and oxygen atoms in total. The van der Waals surface area contributed by atoms with Crippen molar-refractivity contribution in [2.24, 2.45) is 23.7 Å². The Morgan fingerprint density at radius 3 is 1.35 bits per heavy atom. The number of ether oxygens (including phenoxy) is 1. The minimum absolute atomic E-state index is 0.737. The van der Waals surface area contributed by atoms with Crippen LogP contribution in [0.2, 0.25) is 0 Å². The van der Waals surface area contributed by atoms with Crippen molar-refractivity contribution >= 4 is 0 Å². The Hall–Kier alpha value is -0.560. The summed E-state index contributed by atoms with van der Waals surface area (Å²) in [7, 11) is 0. The van der Waals surface area contributed by atoms with Crippen molar-refractivity contribution in [2.45, 2.75) is 80.1 Å². The maximum Gasteiger partial charge on any atom is 0.0651 e. The van der Waals surface area contributed by atoms with Crippen molar-refractivity contribution in [3.63, 3.8) is 0 Å². The van der Waals surface area contributed by atoms with E-state index in [4.69, 9.17) is 4.74 Å². The van der Waals surface area contributed by atoms with E-state index in [1.807, 2.05) is 0 Å². The Labute approximate surface area is 146 Å². The van der Waals surface area contributed by atoms with Crippen LogP contribution in [0.5, 0.6) is 0 Å². The van der Waals surface area contributed by atoms with Crippen LogP contribution in [0.25, 0.3) is 0 Å². The largest absolute Gasteiger partial charge is 0.373 e. The molecular formula is C22H42O. The zero-order valence-electron chi connectivity index (χ0n) is 16.7. The second-order valence-corrected chi connectivity index (χ2v) is 7.44. The van der Waals surface area contributed by atoms with Crippen LogP contribution in [0.15, 0.2) is 24.3 Å². The third-order valence-corrected chi connectivity index (χ3v) is 5.21. The molecule has 4 unspecified atom stereocenters. The zero-order chi connectivity index (χ0) is 17.5. The molecular weight excluding hydrogens is 280 g/mol. The lowest BCUT2D eigenvalue weighted by Crippen LogP contribution is -2.06. The van der Waals surface area contributed by atoms with Crippen LogP contribution in [-0.2, 0) is 4.74 Å². The maximum absolute atomic E-state index is 5.64. The van der Waals surface area contributed by atoms with E-state index in [9.17, 15) is 0 Å². The molecule has 136 valence electrons. The number of hydrogen-bond acceptors (Lipinski definition) is 1. The molecule has 0 amide bonds. The molecule has 0 N–H and O–H groups in total. The lowest BCUT2D eigenvalue weighted by molar-refractivity contribution is 0.193. The highest BCUT2D eigenvalue weighted by molar-refractivity contribution is 4.87. The summed E-state index contributed by atoms with van der Waals surface area (Å²) in [6.45, 7) is 15.5. The van der Waals surface area contributed by atoms with Gasteiger partial charge < -0.3 is 4.74 Å². The Kier molecular flexibility index (Phi) is 14.6. The molecule has 0 heterocycles. The fraction of sp³-hybridized carbons (Fsp3) is 0.818. The summed E-state index contributed by atoms with van der Waals surface area (Å²) in [6, 6.07) is 0. The van der Waals surface area contributed by atoms with Gasteiger partial charge in [-0.1, -0.05) is 91.5 Å². The first kappa shape index (κ1) is 22.4. The van der Waals surface area contributed by atoms with Crippen molar-refractivity contribution in [3.8, 4) is 0 Å². The summed E-state index contributed by atoms with van der Waals surface area (Å²) in [5, 5.41) is 0. The number of allylic oxidation sites excluding steroid dienone is 2. The van der Waals surface area contributed by atoms with Crippen LogP contribution in [0.3, 0.4) is 0 Å². The van der Waals surface area contributed by atoms with Crippen molar-refractivity contribution in [1.29, 1.82) is 0 Å². The van der Waals surface area contributed by atoms with E-state index in [-0.39, 0.29) is 0 Å². The van der Waals surface area contributed by atoms with Gasteiger partial charge in [-0.25, -0.2) is 0 Å². The van der Waals surface area contributed by atoms with Gasteiger partial charge in [0.05, 0.1) is 13.2 Å². The molecule has 0 aliphatic heterocycles. The first-order chi connectivity index (χ1) is 11.0. The van der Waals surface area contributed by atoms with E-state index in [0.29, 0.717) is 0 Å². The molecule has 0 aliphatic carbocycles. The molecule has 0 aromatic rings. The highest BCUT2D eigenvalue weighted by Gasteiger charge is 2.09. The predicted octanol–water partition coefficient (Wildman–Crippen LogP) is 7.04. The molecule has 1 heteroatoms. The molecule has 4 atom stereocenters. The second kappa shape index (κ2) is 15.0. The van der Waals surface area contributed by atoms with Gasteiger partial charge in [-0.2, -0.15) is 0 Å². The summed E-state index contributed by atoms with van der Waals surface area (Å²) < 4.78 is 5.64. The van der Waals surface area contributed by atoms with Gasteiger partial charge in [0.15, 0.2) is 0 Å². The van der Waals surface area contributed by atoms with Gasteiger partial charge in [-0.3, -0.25) is 0 Å². The van der Waals surface area contributed by atoms with Gasteiger partial charge in [0, 0.05) is 0 Å². The quantitative estimate of drug-likeness (QED) is 0.246. The lowest BCUT2D eigenvalue weighted by atomic mass is 9.89. The Morgan fingerprint density at radius 1 is 0.609 bits per heavy atom. The van der Waals surface area contributed by atoms with Gasteiger partial charge in [0.1, 0.15) is 0 Å². The molecule has 0 spiro atoms. The van der Waals surface area contributed by atoms with Gasteiger partial charge in [-0.05, 0) is 36.5 Å². The zero-order valence-corrected chi connectivity index (χ0v) is 16.7. The molecule has 0 aromatic carbocycles. The first-order valence-electron chi connectivity index (χ1n) is 9.90. The standard InChI is InChI=1S/C22H42O/c1-7-13-19(3)21(5)15-9-11-17-23-18-12-10-16-22(6)20(4)14-8-2/h9-12,19-22H,7-8,13-18H2,1-6H3. The van der Waals surface area contributed by atoms with E-state index in [1.54, 1.807) is 0 Å². The minimum atomic E-state index is 0.737. The predicted molar refractivity (Wildman–Crippen MR) is 105 cm³/mol. The highest BCUT2D eigenvalue weighted by Crippen LogP contribution is 2.20. The second-order valence-electron chi connectivity index (χ2n) is 7.44. The van der Waals surface area contributed by atoms with Crippen LogP contribution >= 0.6 is 0 Å². The van der Waals surface area contributed by atoms with Crippen LogP contribution < -0.4 is 0 Å². The molecule has 0 aliphatic rings. The molecule has 23 heavy (non-hydrogen) atoms. The molecule has 0 saturated carbocycles. The normalized spacial score (nSPS) is 17.7. The summed E-state index contributed by atoms with van der Waals surface area (Å²) in [4.78, 5) is 0. The Bertz CT molecular complexity index is 275. The topological polar surface area (TPSA) is 9.23 Å². The SMILES string of the molecule is CCCC(C)C(C)CC=CCOCC=CCC(C)C(C)CCC. The van der Waals surface area contributed by atoms with Crippen LogP contribution in [0, 0.1) is 23.7 Å². The Morgan fingerprint density at radius 2 is 1.00 bits per heavy atom. The number of rotatable bonds is 14. The third kappa shape index (κ3) is 12.5. The van der Waals surface area contributed by atoms with Crippen molar-refractivity contribution < 1.29 is 4.74 Å². The fourth-order valence-corrected chi connectivity index (χ4v) is 2.91. The van der Waals surface area contributed by atoms with Gasteiger partial charge in [0.25, 0.3) is 0 Å². The van der Waals surface area contributed by atoms with E-state index in [1.165, 1.54) is 38.5 Å². The smallest absolute Gasteiger partial charge is 0.0651 e. The van der Waals surface area contributed by atoms with Crippen molar-refractivity contribution in [2.75, 3.05) is 13.2 Å². The highest BCUT2D eigenvalue weighted by atomic mass is 16.5. The monoisotopic (exact) mass is 322 g/mol. The van der Waals surface area contributed by atoms with E-state index in [2.05, 4.69) is 65.8 Å². The van der Waals surface area contributed by atoms with Gasteiger partial charge >= 0.3 is 0 Å².